The number of amides is 1. The third kappa shape index (κ3) is 40.7. The van der Waals surface area contributed by atoms with Crippen molar-refractivity contribution in [3.8, 4) is 0 Å². The Morgan fingerprint density at radius 1 is 0.771 bits per heavy atom. The van der Waals surface area contributed by atoms with Crippen molar-refractivity contribution < 1.29 is 4.79 Å². The molecule has 0 aliphatic rings. The Labute approximate surface area is 300 Å². The van der Waals surface area contributed by atoms with Crippen LogP contribution in [0.25, 0.3) is 0 Å². The summed E-state index contributed by atoms with van der Waals surface area (Å²) < 4.78 is 0. The van der Waals surface area contributed by atoms with Gasteiger partial charge in [0, 0.05) is 37.7 Å². The molecular weight excluding hydrogens is 589 g/mol. The molecule has 5 nitrogen and oxygen atoms in total. The van der Waals surface area contributed by atoms with Gasteiger partial charge in [0.1, 0.15) is 0 Å². The summed E-state index contributed by atoms with van der Waals surface area (Å²) in [6.07, 6.45) is 8.13. The maximum atomic E-state index is 12.9. The average Bonchev–Trinajstić information content (AvgIpc) is 3.09. The zero-order valence-electron chi connectivity index (χ0n) is 34.4. The van der Waals surface area contributed by atoms with E-state index in [-0.39, 0.29) is 12.5 Å². The predicted octanol–water partition coefficient (Wildman–Crippen LogP) is 11.9. The first kappa shape index (κ1) is 54.1. The van der Waals surface area contributed by atoms with Gasteiger partial charge in [0.15, 0.2) is 0 Å². The second kappa shape index (κ2) is 41.7. The fraction of sp³-hybridized carbons (Fsp3) is 0.581. The fourth-order valence-corrected chi connectivity index (χ4v) is 3.77. The Hall–Kier alpha value is -3.34. The van der Waals surface area contributed by atoms with Crippen molar-refractivity contribution in [1.29, 1.82) is 0 Å². The Bertz CT molecular complexity index is 945. The van der Waals surface area contributed by atoms with Crippen LogP contribution in [0.4, 0.5) is 0 Å². The minimum Gasteiger partial charge on any atom is -0.388 e. The van der Waals surface area contributed by atoms with E-state index in [2.05, 4.69) is 96.0 Å². The number of rotatable bonds is 15. The summed E-state index contributed by atoms with van der Waals surface area (Å²) in [6, 6.07) is 14.1. The van der Waals surface area contributed by atoms with Crippen molar-refractivity contribution in [1.82, 2.24) is 20.5 Å². The number of aryl methyl sites for hydroxylation is 1. The summed E-state index contributed by atoms with van der Waals surface area (Å²) in [6.45, 7) is 45.1. The van der Waals surface area contributed by atoms with E-state index in [1.165, 1.54) is 12.0 Å². The third-order valence-corrected chi connectivity index (χ3v) is 5.38. The molecule has 0 saturated heterocycles. The highest BCUT2D eigenvalue weighted by atomic mass is 16.2. The van der Waals surface area contributed by atoms with Crippen molar-refractivity contribution in [2.45, 2.75) is 130 Å². The molecule has 0 saturated carbocycles. The van der Waals surface area contributed by atoms with Gasteiger partial charge < -0.3 is 15.5 Å². The topological polar surface area (TPSA) is 57.3 Å². The van der Waals surface area contributed by atoms with Crippen molar-refractivity contribution in [2.24, 2.45) is 17.8 Å². The molecule has 0 radical (unpaired) electrons. The molecular formula is C43H80N4O. The predicted molar refractivity (Wildman–Crippen MR) is 219 cm³/mol. The van der Waals surface area contributed by atoms with E-state index in [1.807, 2.05) is 85.7 Å². The van der Waals surface area contributed by atoms with Crippen molar-refractivity contribution >= 4 is 5.91 Å². The summed E-state index contributed by atoms with van der Waals surface area (Å²) >= 11 is 0. The lowest BCUT2D eigenvalue weighted by Gasteiger charge is -2.25. The van der Waals surface area contributed by atoms with Crippen LogP contribution in [0.5, 0.6) is 0 Å². The zero-order chi connectivity index (χ0) is 38.3. The fourth-order valence-electron chi connectivity index (χ4n) is 3.77. The van der Waals surface area contributed by atoms with Crippen LogP contribution in [0, 0.1) is 17.8 Å². The first-order valence-electron chi connectivity index (χ1n) is 18.6. The van der Waals surface area contributed by atoms with Gasteiger partial charge in [0.2, 0.25) is 5.91 Å². The number of nitrogens with one attached hydrogen (secondary N) is 2. The minimum absolute atomic E-state index is 0.00225. The molecule has 1 aromatic heterocycles. The van der Waals surface area contributed by atoms with Crippen LogP contribution in [0.15, 0.2) is 92.1 Å². The molecule has 278 valence electrons. The van der Waals surface area contributed by atoms with Gasteiger partial charge in [0.25, 0.3) is 0 Å². The van der Waals surface area contributed by atoms with Gasteiger partial charge >= 0.3 is 0 Å². The number of aromatic nitrogens is 1. The first-order valence-corrected chi connectivity index (χ1v) is 18.6. The average molecular weight is 669 g/mol. The smallest absolute Gasteiger partial charge is 0.242 e. The summed E-state index contributed by atoms with van der Waals surface area (Å²) in [7, 11) is 0. The molecule has 2 rings (SSSR count). The van der Waals surface area contributed by atoms with Gasteiger partial charge in [0.05, 0.1) is 6.54 Å². The van der Waals surface area contributed by atoms with Gasteiger partial charge in [-0.15, -0.1) is 0 Å². The molecule has 1 amide bonds. The van der Waals surface area contributed by atoms with Gasteiger partial charge in [-0.2, -0.15) is 0 Å². The van der Waals surface area contributed by atoms with Gasteiger partial charge in [-0.05, 0) is 72.0 Å². The van der Waals surface area contributed by atoms with Crippen LogP contribution in [-0.4, -0.2) is 35.4 Å². The SMILES string of the molecule is C=CNCC(=C)CN(Cc1ccncc1)C(=O)CNC(=C)CCc1ccccc1.CC.CC.CC.CC.CC(C)C.CC(C)CC(C)C. The highest BCUT2D eigenvalue weighted by Crippen LogP contribution is 2.09. The van der Waals surface area contributed by atoms with Crippen molar-refractivity contribution in [2.75, 3.05) is 19.6 Å². The van der Waals surface area contributed by atoms with E-state index < -0.39 is 0 Å². The maximum absolute atomic E-state index is 12.9. The quantitative estimate of drug-likeness (QED) is 0.185. The van der Waals surface area contributed by atoms with Gasteiger partial charge in [-0.25, -0.2) is 0 Å². The van der Waals surface area contributed by atoms with Crippen LogP contribution in [0.2, 0.25) is 0 Å². The molecule has 0 aliphatic carbocycles. The molecule has 0 atom stereocenters. The molecule has 1 heterocycles. The van der Waals surface area contributed by atoms with Crippen LogP contribution in [-0.2, 0) is 17.8 Å². The van der Waals surface area contributed by atoms with E-state index in [4.69, 9.17) is 0 Å². The van der Waals surface area contributed by atoms with Gasteiger partial charge in [-0.3, -0.25) is 9.78 Å². The van der Waals surface area contributed by atoms with Crippen LogP contribution in [0.1, 0.15) is 128 Å². The number of carbonyl (C=O) groups is 1. The molecule has 0 fully saturated rings. The van der Waals surface area contributed by atoms with Crippen molar-refractivity contribution in [3.05, 3.63) is 103 Å². The normalized spacial score (nSPS) is 8.96. The molecule has 1 aromatic carbocycles. The Balaban J connectivity index is -0.000000270. The van der Waals surface area contributed by atoms with Crippen LogP contribution in [0.3, 0.4) is 0 Å². The van der Waals surface area contributed by atoms with E-state index in [0.717, 1.165) is 47.4 Å². The van der Waals surface area contributed by atoms with E-state index >= 15 is 0 Å². The summed E-state index contributed by atoms with van der Waals surface area (Å²) in [5.74, 6) is 2.59. The lowest BCUT2D eigenvalue weighted by atomic mass is 10.0. The molecule has 0 aliphatic heterocycles. The number of pyridine rings is 1. The number of hydrogen-bond donors (Lipinski definition) is 2. The monoisotopic (exact) mass is 669 g/mol. The second-order valence-corrected chi connectivity index (χ2v) is 11.6. The minimum atomic E-state index is 0.00225. The number of carbonyl (C=O) groups excluding carboxylic acids is 1. The zero-order valence-corrected chi connectivity index (χ0v) is 34.4. The van der Waals surface area contributed by atoms with Crippen LogP contribution < -0.4 is 10.6 Å². The molecule has 5 heteroatoms. The molecule has 48 heavy (non-hydrogen) atoms. The van der Waals surface area contributed by atoms with E-state index in [0.29, 0.717) is 19.6 Å². The molecule has 2 aromatic rings. The number of nitrogens with zero attached hydrogens (tertiary/aromatic N) is 2. The van der Waals surface area contributed by atoms with E-state index in [9.17, 15) is 4.79 Å². The molecule has 0 bridgehead atoms. The Morgan fingerprint density at radius 3 is 1.67 bits per heavy atom. The summed E-state index contributed by atoms with van der Waals surface area (Å²) in [5.41, 5.74) is 4.06. The summed E-state index contributed by atoms with van der Waals surface area (Å²) in [4.78, 5) is 18.7. The molecule has 2 N–H and O–H groups in total. The lowest BCUT2D eigenvalue weighted by Crippen LogP contribution is -2.39. The van der Waals surface area contributed by atoms with E-state index in [1.54, 1.807) is 23.5 Å². The molecule has 0 spiro atoms. The maximum Gasteiger partial charge on any atom is 0.242 e. The summed E-state index contributed by atoms with van der Waals surface area (Å²) in [5, 5.41) is 6.20. The van der Waals surface area contributed by atoms with Crippen LogP contribution >= 0.6 is 0 Å². The number of hydrogen-bond acceptors (Lipinski definition) is 4. The second-order valence-electron chi connectivity index (χ2n) is 11.6. The number of allylic oxidation sites excluding steroid dienone is 1. The highest BCUT2D eigenvalue weighted by Gasteiger charge is 2.15. The van der Waals surface area contributed by atoms with Gasteiger partial charge in [-0.1, -0.05) is 154 Å². The highest BCUT2D eigenvalue weighted by molar-refractivity contribution is 5.78. The Morgan fingerprint density at radius 2 is 1.25 bits per heavy atom. The third-order valence-electron chi connectivity index (χ3n) is 5.38. The molecule has 0 unspecified atom stereocenters. The lowest BCUT2D eigenvalue weighted by molar-refractivity contribution is -0.130. The van der Waals surface area contributed by atoms with Crippen molar-refractivity contribution in [3.63, 3.8) is 0 Å². The Kier molecular flexibility index (Phi) is 47.0. The standard InChI is InChI=1S/C24H30N4O.C7H16.C4H10.4C2H6/c1-4-25-16-20(2)18-28(19-23-12-14-26-15-13-23)24(29)17-27-21(3)10-11-22-8-6-5-7-9-22;1-6(2)5-7(3)4;1-4(2)3;4*1-2/h4-9,12-15,25,27H,1-3,10-11,16-19H2;6-7H,5H2,1-4H3;4H,1-3H3;4*1-2H3. The first-order chi connectivity index (χ1) is 22.9. The largest absolute Gasteiger partial charge is 0.388 e. The number of benzene rings is 1.